The number of hydrogen-bond donors (Lipinski definition) is 2. The summed E-state index contributed by atoms with van der Waals surface area (Å²) >= 11 is 0. The minimum atomic E-state index is -4.94. The first kappa shape index (κ1) is 24.8. The molecular weight excluding hydrogens is 436 g/mol. The second kappa shape index (κ2) is 8.82. The third-order valence-corrected chi connectivity index (χ3v) is 5.93. The van der Waals surface area contributed by atoms with Crippen LogP contribution >= 0.6 is 0 Å². The SMILES string of the molecule is COc1ccc(F)cc1C(C)(C)CC(O)(CNc1c(C)ccc2nc(C)ccc12)C(F)(F)F. The number of hydrogen-bond acceptors (Lipinski definition) is 4. The number of aryl methyl sites for hydroxylation is 2. The van der Waals surface area contributed by atoms with E-state index in [1.807, 2.05) is 6.92 Å². The number of fused-ring (bicyclic) bond motifs is 1. The van der Waals surface area contributed by atoms with Gasteiger partial charge in [-0.15, -0.1) is 0 Å². The van der Waals surface area contributed by atoms with Crippen molar-refractivity contribution in [2.45, 2.75) is 51.3 Å². The lowest BCUT2D eigenvalue weighted by Crippen LogP contribution is -2.53. The molecule has 0 saturated heterocycles. The molecule has 0 bridgehead atoms. The molecule has 1 aromatic heterocycles. The first-order valence-electron chi connectivity index (χ1n) is 10.5. The van der Waals surface area contributed by atoms with E-state index in [1.54, 1.807) is 31.2 Å². The molecular formula is C25H28F4N2O2. The molecule has 1 atom stereocenters. The van der Waals surface area contributed by atoms with E-state index in [-0.39, 0.29) is 11.3 Å². The minimum absolute atomic E-state index is 0.244. The number of methoxy groups -OCH3 is 1. The molecule has 1 heterocycles. The molecule has 3 aromatic rings. The fourth-order valence-corrected chi connectivity index (χ4v) is 4.18. The van der Waals surface area contributed by atoms with Crippen molar-refractivity contribution in [1.82, 2.24) is 4.98 Å². The van der Waals surface area contributed by atoms with Crippen LogP contribution in [0.1, 0.15) is 37.1 Å². The van der Waals surface area contributed by atoms with Gasteiger partial charge in [0.15, 0.2) is 5.60 Å². The summed E-state index contributed by atoms with van der Waals surface area (Å²) in [5, 5.41) is 14.4. The summed E-state index contributed by atoms with van der Waals surface area (Å²) in [7, 11) is 1.36. The first-order valence-corrected chi connectivity index (χ1v) is 10.5. The molecule has 0 aliphatic rings. The number of nitrogens with one attached hydrogen (secondary N) is 1. The van der Waals surface area contributed by atoms with Crippen molar-refractivity contribution in [3.8, 4) is 5.75 Å². The van der Waals surface area contributed by atoms with Crippen molar-refractivity contribution in [3.05, 3.63) is 65.1 Å². The van der Waals surface area contributed by atoms with Crippen LogP contribution in [0.2, 0.25) is 0 Å². The largest absolute Gasteiger partial charge is 0.496 e. The van der Waals surface area contributed by atoms with Gasteiger partial charge in [0.1, 0.15) is 11.6 Å². The van der Waals surface area contributed by atoms with E-state index in [9.17, 15) is 22.7 Å². The van der Waals surface area contributed by atoms with Gasteiger partial charge in [0.25, 0.3) is 0 Å². The Kier molecular flexibility index (Phi) is 6.62. The Morgan fingerprint density at radius 1 is 1.03 bits per heavy atom. The molecule has 2 N–H and O–H groups in total. The van der Waals surface area contributed by atoms with Gasteiger partial charge >= 0.3 is 6.18 Å². The smallest absolute Gasteiger partial charge is 0.418 e. The summed E-state index contributed by atoms with van der Waals surface area (Å²) < 4.78 is 61.7. The zero-order valence-corrected chi connectivity index (χ0v) is 19.3. The van der Waals surface area contributed by atoms with E-state index in [0.29, 0.717) is 16.6 Å². The van der Waals surface area contributed by atoms with Crippen LogP contribution in [0.15, 0.2) is 42.5 Å². The molecule has 0 saturated carbocycles. The number of pyridine rings is 1. The minimum Gasteiger partial charge on any atom is -0.496 e. The van der Waals surface area contributed by atoms with Crippen LogP contribution in [0.4, 0.5) is 23.2 Å². The van der Waals surface area contributed by atoms with E-state index in [4.69, 9.17) is 4.74 Å². The molecule has 0 spiro atoms. The Hall–Kier alpha value is -2.87. The quantitative estimate of drug-likeness (QED) is 0.417. The van der Waals surface area contributed by atoms with Gasteiger partial charge in [-0.1, -0.05) is 19.9 Å². The molecule has 0 amide bonds. The fourth-order valence-electron chi connectivity index (χ4n) is 4.18. The van der Waals surface area contributed by atoms with Crippen LogP contribution in [-0.2, 0) is 5.41 Å². The van der Waals surface area contributed by atoms with Crippen LogP contribution < -0.4 is 10.1 Å². The maximum atomic E-state index is 14.2. The van der Waals surface area contributed by atoms with Crippen LogP contribution in [0.25, 0.3) is 10.9 Å². The molecule has 3 rings (SSSR count). The maximum absolute atomic E-state index is 14.2. The van der Waals surface area contributed by atoms with Crippen molar-refractivity contribution in [3.63, 3.8) is 0 Å². The molecule has 178 valence electrons. The lowest BCUT2D eigenvalue weighted by atomic mass is 9.74. The lowest BCUT2D eigenvalue weighted by molar-refractivity contribution is -0.260. The number of aliphatic hydroxyl groups is 1. The predicted molar refractivity (Wildman–Crippen MR) is 121 cm³/mol. The average Bonchev–Trinajstić information content (AvgIpc) is 2.72. The van der Waals surface area contributed by atoms with Gasteiger partial charge in [0.05, 0.1) is 19.2 Å². The van der Waals surface area contributed by atoms with Gasteiger partial charge < -0.3 is 15.2 Å². The summed E-state index contributed by atoms with van der Waals surface area (Å²) in [5.41, 5.74) is -1.48. The molecule has 4 nitrogen and oxygen atoms in total. The monoisotopic (exact) mass is 464 g/mol. The second-order valence-corrected chi connectivity index (χ2v) is 9.06. The summed E-state index contributed by atoms with van der Waals surface area (Å²) in [5.74, 6) is -0.341. The van der Waals surface area contributed by atoms with Crippen LogP contribution in [-0.4, -0.2) is 35.5 Å². The van der Waals surface area contributed by atoms with Gasteiger partial charge in [0, 0.05) is 22.3 Å². The Morgan fingerprint density at radius 3 is 2.36 bits per heavy atom. The fraction of sp³-hybridized carbons (Fsp3) is 0.400. The van der Waals surface area contributed by atoms with Crippen LogP contribution in [0.5, 0.6) is 5.75 Å². The van der Waals surface area contributed by atoms with Crippen molar-refractivity contribution < 1.29 is 27.4 Å². The predicted octanol–water partition coefficient (Wildman–Crippen LogP) is 6.07. The third-order valence-electron chi connectivity index (χ3n) is 5.93. The Labute approximate surface area is 190 Å². The number of benzene rings is 2. The van der Waals surface area contributed by atoms with Gasteiger partial charge in [-0.2, -0.15) is 13.2 Å². The van der Waals surface area contributed by atoms with Crippen molar-refractivity contribution in [2.24, 2.45) is 0 Å². The van der Waals surface area contributed by atoms with E-state index in [0.717, 1.165) is 17.3 Å². The maximum Gasteiger partial charge on any atom is 0.418 e. The normalized spacial score (nSPS) is 14.2. The van der Waals surface area contributed by atoms with Gasteiger partial charge in [-0.25, -0.2) is 4.39 Å². The standard InChI is InChI=1S/C25H28F4N2O2/c1-15-6-10-20-18(9-7-16(2)31-20)22(15)30-14-24(32,25(27,28)29)13-23(3,4)19-12-17(26)8-11-21(19)33-5/h6-12,30,32H,13-14H2,1-5H3. The van der Waals surface area contributed by atoms with E-state index in [1.165, 1.54) is 33.1 Å². The lowest BCUT2D eigenvalue weighted by Gasteiger charge is -2.38. The highest BCUT2D eigenvalue weighted by atomic mass is 19.4. The number of alkyl halides is 3. The number of anilines is 1. The van der Waals surface area contributed by atoms with Gasteiger partial charge in [0.2, 0.25) is 0 Å². The molecule has 0 aliphatic carbocycles. The molecule has 2 aromatic carbocycles. The van der Waals surface area contributed by atoms with Crippen LogP contribution in [0, 0.1) is 19.7 Å². The van der Waals surface area contributed by atoms with Crippen LogP contribution in [0.3, 0.4) is 0 Å². The highest BCUT2D eigenvalue weighted by Crippen LogP contribution is 2.44. The Bertz CT molecular complexity index is 1160. The molecule has 1 unspecified atom stereocenters. The Balaban J connectivity index is 1.98. The Morgan fingerprint density at radius 2 is 1.73 bits per heavy atom. The van der Waals surface area contributed by atoms with Crippen molar-refractivity contribution in [1.29, 1.82) is 0 Å². The van der Waals surface area contributed by atoms with E-state index >= 15 is 0 Å². The zero-order chi connectivity index (χ0) is 24.6. The molecule has 0 fully saturated rings. The number of ether oxygens (including phenoxy) is 1. The number of aromatic nitrogens is 1. The molecule has 8 heteroatoms. The highest BCUT2D eigenvalue weighted by Gasteiger charge is 2.56. The number of halogens is 4. The summed E-state index contributed by atoms with van der Waals surface area (Å²) in [4.78, 5) is 4.42. The molecule has 0 radical (unpaired) electrons. The highest BCUT2D eigenvalue weighted by molar-refractivity contribution is 5.93. The average molecular weight is 465 g/mol. The third kappa shape index (κ3) is 5.05. The van der Waals surface area contributed by atoms with Gasteiger partial charge in [-0.3, -0.25) is 4.98 Å². The zero-order valence-electron chi connectivity index (χ0n) is 19.3. The second-order valence-electron chi connectivity index (χ2n) is 9.06. The van der Waals surface area contributed by atoms with E-state index in [2.05, 4.69) is 10.3 Å². The topological polar surface area (TPSA) is 54.4 Å². The molecule has 33 heavy (non-hydrogen) atoms. The first-order chi connectivity index (χ1) is 15.3. The summed E-state index contributed by atoms with van der Waals surface area (Å²) in [6.45, 7) is 5.87. The van der Waals surface area contributed by atoms with E-state index < -0.39 is 36.0 Å². The van der Waals surface area contributed by atoms with Gasteiger partial charge in [-0.05, 0) is 67.6 Å². The summed E-state index contributed by atoms with van der Waals surface area (Å²) in [6.07, 6.45) is -5.65. The molecule has 0 aliphatic heterocycles. The number of rotatable bonds is 7. The van der Waals surface area contributed by atoms with Crippen molar-refractivity contribution >= 4 is 16.6 Å². The van der Waals surface area contributed by atoms with Crippen molar-refractivity contribution in [2.75, 3.05) is 19.0 Å². The summed E-state index contributed by atoms with van der Waals surface area (Å²) in [6, 6.07) is 10.8. The number of nitrogens with zero attached hydrogens (tertiary/aromatic N) is 1.